The number of anilines is 1. The first kappa shape index (κ1) is 61.9. The zero-order valence-corrected chi connectivity index (χ0v) is 51.3. The van der Waals surface area contributed by atoms with Crippen molar-refractivity contribution in [2.75, 3.05) is 28.6 Å². The zero-order valence-electron chi connectivity index (χ0n) is 47.4. The smallest absolute Gasteiger partial charge is 0.379 e. The van der Waals surface area contributed by atoms with Gasteiger partial charge in [0.05, 0.1) is 5.56 Å². The third-order valence-electron chi connectivity index (χ3n) is 14.2. The highest BCUT2D eigenvalue weighted by atomic mass is 35.5. The summed E-state index contributed by atoms with van der Waals surface area (Å²) in [7, 11) is 0. The van der Waals surface area contributed by atoms with Crippen LogP contribution in [-0.2, 0) is 39.1 Å². The summed E-state index contributed by atoms with van der Waals surface area (Å²) in [5, 5.41) is 27.0. The lowest BCUT2D eigenvalue weighted by Crippen LogP contribution is -2.71. The molecule has 0 aliphatic carbocycles. The minimum atomic E-state index is -1.39. The number of thioether (sulfide) groups is 2. The van der Waals surface area contributed by atoms with E-state index in [1.807, 2.05) is 152 Å². The van der Waals surface area contributed by atoms with Crippen molar-refractivity contribution in [2.45, 2.75) is 41.9 Å². The summed E-state index contributed by atoms with van der Waals surface area (Å²) < 4.78 is 17.9. The van der Waals surface area contributed by atoms with E-state index in [0.29, 0.717) is 16.3 Å². The van der Waals surface area contributed by atoms with Crippen LogP contribution in [0.25, 0.3) is 5.78 Å². The molecule has 1 saturated heterocycles. The Hall–Kier alpha value is -9.72. The number of alkyl halides is 2. The molecule has 2 aliphatic rings. The Kier molecular flexibility index (Phi) is 18.8. The molecular formula is C64H49Cl2N9O12S3. The van der Waals surface area contributed by atoms with Crippen molar-refractivity contribution in [3.05, 3.63) is 243 Å². The number of esters is 3. The van der Waals surface area contributed by atoms with Crippen molar-refractivity contribution in [3.8, 4) is 11.5 Å². The summed E-state index contributed by atoms with van der Waals surface area (Å²) in [6.07, 6.45) is -0.770. The highest BCUT2D eigenvalue weighted by Gasteiger charge is 2.54. The van der Waals surface area contributed by atoms with Gasteiger partial charge in [0.25, 0.3) is 23.4 Å². The first-order valence-corrected chi connectivity index (χ1v) is 31.4. The molecule has 11 rings (SSSR count). The fourth-order valence-corrected chi connectivity index (χ4v) is 13.5. The number of carboxylic acids is 1. The lowest BCUT2D eigenvalue weighted by atomic mass is 9.77. The van der Waals surface area contributed by atoms with Crippen LogP contribution in [0.4, 0.5) is 5.13 Å². The van der Waals surface area contributed by atoms with E-state index in [1.54, 1.807) is 13.0 Å². The first-order chi connectivity index (χ1) is 43.6. The number of nitrogens with zero attached hydrogens (tertiary/aromatic N) is 7. The molecule has 0 spiro atoms. The molecule has 2 atom stereocenters. The van der Waals surface area contributed by atoms with E-state index < -0.39 is 82.2 Å². The van der Waals surface area contributed by atoms with E-state index in [9.17, 15) is 38.7 Å². The van der Waals surface area contributed by atoms with Gasteiger partial charge in [-0.25, -0.2) is 24.4 Å². The minimum Gasteiger partial charge on any atom is -0.477 e. The maximum atomic E-state index is 14.8. The van der Waals surface area contributed by atoms with Crippen LogP contribution in [0.1, 0.15) is 71.8 Å². The van der Waals surface area contributed by atoms with Crippen LogP contribution in [-0.4, -0.2) is 117 Å². The third kappa shape index (κ3) is 13.0. The topological polar surface area (TPSA) is 272 Å². The van der Waals surface area contributed by atoms with Crippen LogP contribution in [0, 0.1) is 13.8 Å². The number of rotatable bonds is 22. The average molecular weight is 1300 g/mol. The van der Waals surface area contributed by atoms with E-state index in [0.717, 1.165) is 50.1 Å². The van der Waals surface area contributed by atoms with Gasteiger partial charge in [0.1, 0.15) is 45.1 Å². The SMILES string of the molecule is Cc1cc(SCC2=C(C(=O)O)N3C(=O)[C@@H](NC(=O)/C(=N\OC(=O)c4cc(OC(=O)CCl)c(OC(=O)CCl)cc4C)c4csc(NC(c5ccccc5)(c5ccccc5)c5ccccc5)n4)[C@H]3SC2)n2nc(C(=O)OC(c3ccccc3)c3ccccc3)nc2n1. The number of aryl methyl sites for hydroxylation is 2. The van der Waals surface area contributed by atoms with E-state index in [2.05, 4.69) is 30.9 Å². The number of nitrogens with one attached hydrogen (secondary N) is 2. The lowest BCUT2D eigenvalue weighted by molar-refractivity contribution is -0.150. The monoisotopic (exact) mass is 1300 g/mol. The van der Waals surface area contributed by atoms with Crippen molar-refractivity contribution < 1.29 is 57.7 Å². The Labute approximate surface area is 535 Å². The van der Waals surface area contributed by atoms with Crippen LogP contribution in [0.5, 0.6) is 11.5 Å². The molecule has 5 heterocycles. The number of benzene rings is 6. The number of oxime groups is 1. The molecule has 0 radical (unpaired) electrons. The average Bonchev–Trinajstić information content (AvgIpc) is 0.878. The van der Waals surface area contributed by atoms with Gasteiger partial charge in [-0.05, 0) is 71.0 Å². The quantitative estimate of drug-likeness (QED) is 0.00544. The summed E-state index contributed by atoms with van der Waals surface area (Å²) in [5.74, 6) is -8.78. The predicted molar refractivity (Wildman–Crippen MR) is 337 cm³/mol. The second-order valence-corrected chi connectivity index (χ2v) is 23.5. The van der Waals surface area contributed by atoms with E-state index >= 15 is 0 Å². The van der Waals surface area contributed by atoms with Gasteiger partial charge < -0.3 is 34.8 Å². The molecule has 2 aliphatic heterocycles. The van der Waals surface area contributed by atoms with Crippen molar-refractivity contribution in [1.82, 2.24) is 34.8 Å². The number of hydrogen-bond acceptors (Lipinski definition) is 20. The molecule has 0 unspecified atom stereocenters. The van der Waals surface area contributed by atoms with Gasteiger partial charge in [-0.2, -0.15) is 9.50 Å². The number of halogens is 2. The number of carboxylic acid groups (broad SMARTS) is 1. The minimum absolute atomic E-state index is 0.0459. The Balaban J connectivity index is 0.872. The largest absolute Gasteiger partial charge is 0.477 e. The first-order valence-electron chi connectivity index (χ1n) is 27.4. The van der Waals surface area contributed by atoms with Gasteiger partial charge in [0.15, 0.2) is 28.4 Å². The standard InChI is InChI=1S/C64H49Cl2N9O12S3/c1-36-28-46(84-49(76)31-65)47(85-50(77)32-66)30-44(36)60(82)87-73-51(45-35-90-63(68-45)71-64(41-22-12-5-13-23-41,42-24-14-6-15-25-42)43-26-16-7-17-27-43)56(78)69-52-57(79)74-53(59(80)81)40(34-89-58(52)74)33-88-48-29-37(2)67-62-70-55(72-75(48)62)61(83)86-54(38-18-8-3-9-19-38)39-20-10-4-11-21-39/h3-30,35,52,54,58H,31-34H2,1-2H3,(H,68,71)(H,69,78)(H,80,81)/b73-51-/t52-,58-/m1/s1. The molecule has 90 heavy (non-hydrogen) atoms. The van der Waals surface area contributed by atoms with Gasteiger partial charge in [-0.1, -0.05) is 157 Å². The fourth-order valence-electron chi connectivity index (χ4n) is 10.1. The number of β-lactam (4-membered cyclic amide) rings is 1. The van der Waals surface area contributed by atoms with Crippen molar-refractivity contribution >= 4 is 116 Å². The van der Waals surface area contributed by atoms with Crippen molar-refractivity contribution in [1.29, 1.82) is 0 Å². The summed E-state index contributed by atoms with van der Waals surface area (Å²) >= 11 is 14.9. The Morgan fingerprint density at radius 3 is 1.86 bits per heavy atom. The number of aliphatic carboxylic acids is 1. The maximum absolute atomic E-state index is 14.8. The van der Waals surface area contributed by atoms with E-state index in [1.165, 1.54) is 46.4 Å². The third-order valence-corrected chi connectivity index (χ3v) is 17.8. The van der Waals surface area contributed by atoms with Crippen LogP contribution in [0.15, 0.2) is 197 Å². The molecule has 6 aromatic carbocycles. The molecule has 2 amide bonds. The lowest BCUT2D eigenvalue weighted by Gasteiger charge is -2.49. The second-order valence-electron chi connectivity index (χ2n) is 20.1. The number of ether oxygens (including phenoxy) is 3. The number of thiazole rings is 1. The number of hydrogen-bond donors (Lipinski definition) is 3. The van der Waals surface area contributed by atoms with Gasteiger partial charge in [-0.3, -0.25) is 24.1 Å². The Bertz CT molecular complexity index is 4160. The molecule has 3 aromatic heterocycles. The van der Waals surface area contributed by atoms with E-state index in [4.69, 9.17) is 47.2 Å². The number of amides is 2. The molecule has 0 bridgehead atoms. The summed E-state index contributed by atoms with van der Waals surface area (Å²) in [5.41, 5.74) is 2.80. The summed E-state index contributed by atoms with van der Waals surface area (Å²) in [6.45, 7) is 3.20. The van der Waals surface area contributed by atoms with Crippen molar-refractivity contribution in [2.24, 2.45) is 5.16 Å². The second kappa shape index (κ2) is 27.3. The molecule has 1 fully saturated rings. The molecule has 3 N–H and O–H groups in total. The fraction of sp³-hybridized carbons (Fsp3) is 0.156. The number of aromatic nitrogens is 5. The molecule has 21 nitrogen and oxygen atoms in total. The highest BCUT2D eigenvalue weighted by molar-refractivity contribution is 8.01. The summed E-state index contributed by atoms with van der Waals surface area (Å²) in [4.78, 5) is 115. The normalized spacial score (nSPS) is 14.7. The molecular weight excluding hydrogens is 1250 g/mol. The number of fused-ring (bicyclic) bond motifs is 2. The Morgan fingerprint density at radius 1 is 0.744 bits per heavy atom. The van der Waals surface area contributed by atoms with Crippen LogP contribution in [0.2, 0.25) is 0 Å². The predicted octanol–water partition coefficient (Wildman–Crippen LogP) is 9.93. The van der Waals surface area contributed by atoms with Crippen LogP contribution < -0.4 is 20.1 Å². The molecule has 26 heteroatoms. The number of carbonyl (C=O) groups excluding carboxylic acids is 6. The highest BCUT2D eigenvalue weighted by Crippen LogP contribution is 2.44. The Morgan fingerprint density at radius 2 is 1.30 bits per heavy atom. The zero-order chi connectivity index (χ0) is 63.1. The molecule has 9 aromatic rings. The molecule has 0 saturated carbocycles. The van der Waals surface area contributed by atoms with Crippen LogP contribution in [0.3, 0.4) is 0 Å². The van der Waals surface area contributed by atoms with Gasteiger partial charge in [0, 0.05) is 22.6 Å². The van der Waals surface area contributed by atoms with Gasteiger partial charge in [0.2, 0.25) is 0 Å². The van der Waals surface area contributed by atoms with E-state index in [-0.39, 0.29) is 62.3 Å². The van der Waals surface area contributed by atoms with Crippen molar-refractivity contribution in [3.63, 3.8) is 0 Å². The maximum Gasteiger partial charge on any atom is 0.379 e. The van der Waals surface area contributed by atoms with Gasteiger partial charge >= 0.3 is 29.8 Å². The van der Waals surface area contributed by atoms with Crippen LogP contribution >= 0.6 is 58.1 Å². The van der Waals surface area contributed by atoms with Gasteiger partial charge in [-0.15, -0.1) is 63.2 Å². The summed E-state index contributed by atoms with van der Waals surface area (Å²) in [6, 6.07) is 50.1. The number of carbonyl (C=O) groups is 7. The molecule has 454 valence electrons.